The summed E-state index contributed by atoms with van der Waals surface area (Å²) in [7, 11) is 0. The van der Waals surface area contributed by atoms with Gasteiger partial charge >= 0.3 is 0 Å². The maximum absolute atomic E-state index is 11.9. The number of nitrogens with one attached hydrogen (secondary N) is 1. The van der Waals surface area contributed by atoms with Crippen molar-refractivity contribution in [1.82, 2.24) is 10.2 Å². The molecule has 2 fully saturated rings. The van der Waals surface area contributed by atoms with Crippen LogP contribution in [0, 0.1) is 5.92 Å². The molecule has 0 bridgehead atoms. The molecule has 1 saturated heterocycles. The van der Waals surface area contributed by atoms with Gasteiger partial charge in [-0.05, 0) is 25.2 Å². The molecule has 1 aliphatic carbocycles. The molecule has 0 radical (unpaired) electrons. The summed E-state index contributed by atoms with van der Waals surface area (Å²) in [5.41, 5.74) is 0. The quantitative estimate of drug-likeness (QED) is 0.765. The topological polar surface area (TPSA) is 52.6 Å². The first-order chi connectivity index (χ1) is 8.15. The van der Waals surface area contributed by atoms with E-state index < -0.39 is 0 Å². The summed E-state index contributed by atoms with van der Waals surface area (Å²) in [6.07, 6.45) is 5.44. The fraction of sp³-hybridized carbons (Fsp3) is 0.923. The highest BCUT2D eigenvalue weighted by Gasteiger charge is 2.25. The van der Waals surface area contributed by atoms with Crippen LogP contribution in [0.2, 0.25) is 0 Å². The third kappa shape index (κ3) is 3.68. The Kier molecular flexibility index (Phi) is 4.40. The molecule has 2 rings (SSSR count). The van der Waals surface area contributed by atoms with Crippen LogP contribution in [0.3, 0.4) is 0 Å². The van der Waals surface area contributed by atoms with Crippen LogP contribution in [0.15, 0.2) is 0 Å². The lowest BCUT2D eigenvalue weighted by molar-refractivity contribution is -0.123. The van der Waals surface area contributed by atoms with Gasteiger partial charge in [0, 0.05) is 19.1 Å². The van der Waals surface area contributed by atoms with Crippen molar-refractivity contribution in [2.75, 3.05) is 19.6 Å². The van der Waals surface area contributed by atoms with E-state index in [1.807, 2.05) is 4.90 Å². The number of likely N-dealkylation sites (tertiary alicyclic amines) is 1. The van der Waals surface area contributed by atoms with Crippen LogP contribution in [0.5, 0.6) is 0 Å². The summed E-state index contributed by atoms with van der Waals surface area (Å²) in [5.74, 6) is 0.731. The summed E-state index contributed by atoms with van der Waals surface area (Å²) >= 11 is 0. The van der Waals surface area contributed by atoms with Crippen molar-refractivity contribution >= 4 is 5.91 Å². The molecule has 0 aromatic carbocycles. The van der Waals surface area contributed by atoms with E-state index in [-0.39, 0.29) is 12.0 Å². The normalized spacial score (nSPS) is 34.8. The Morgan fingerprint density at radius 1 is 1.35 bits per heavy atom. The van der Waals surface area contributed by atoms with Crippen molar-refractivity contribution in [3.63, 3.8) is 0 Å². The van der Waals surface area contributed by atoms with Gasteiger partial charge in [0.15, 0.2) is 0 Å². The molecule has 3 atom stereocenters. The largest absolute Gasteiger partial charge is 0.392 e. The van der Waals surface area contributed by atoms with Crippen molar-refractivity contribution in [1.29, 1.82) is 0 Å². The van der Waals surface area contributed by atoms with Crippen molar-refractivity contribution in [3.8, 4) is 0 Å². The van der Waals surface area contributed by atoms with Gasteiger partial charge in [-0.3, -0.25) is 9.69 Å². The van der Waals surface area contributed by atoms with E-state index in [2.05, 4.69) is 12.2 Å². The van der Waals surface area contributed by atoms with E-state index in [0.29, 0.717) is 25.0 Å². The predicted molar refractivity (Wildman–Crippen MR) is 66.6 cm³/mol. The van der Waals surface area contributed by atoms with Gasteiger partial charge in [0.25, 0.3) is 0 Å². The minimum Gasteiger partial charge on any atom is -0.392 e. The van der Waals surface area contributed by atoms with Gasteiger partial charge in [-0.2, -0.15) is 0 Å². The number of carbonyl (C=O) groups excluding carboxylic acids is 1. The van der Waals surface area contributed by atoms with E-state index in [1.54, 1.807) is 0 Å². The Balaban J connectivity index is 1.73. The summed E-state index contributed by atoms with van der Waals surface area (Å²) in [5, 5.41) is 12.6. The lowest BCUT2D eigenvalue weighted by atomic mass is 9.86. The van der Waals surface area contributed by atoms with Crippen molar-refractivity contribution in [2.45, 2.75) is 51.2 Å². The Morgan fingerprint density at radius 3 is 2.76 bits per heavy atom. The van der Waals surface area contributed by atoms with Crippen LogP contribution in [0.25, 0.3) is 0 Å². The molecule has 0 aromatic rings. The molecule has 0 aromatic heterocycles. The maximum atomic E-state index is 11.9. The Bertz CT molecular complexity index is 270. The molecule has 4 nitrogen and oxygen atoms in total. The van der Waals surface area contributed by atoms with Gasteiger partial charge in [0.05, 0.1) is 12.6 Å². The molecule has 1 amide bonds. The minimum atomic E-state index is -0.239. The first-order valence-corrected chi connectivity index (χ1v) is 6.85. The smallest absolute Gasteiger partial charge is 0.234 e. The molecule has 2 N–H and O–H groups in total. The lowest BCUT2D eigenvalue weighted by Gasteiger charge is -2.30. The molecule has 0 spiro atoms. The molecular formula is C13H24N2O2. The van der Waals surface area contributed by atoms with E-state index >= 15 is 0 Å². The van der Waals surface area contributed by atoms with Crippen molar-refractivity contribution < 1.29 is 9.90 Å². The average Bonchev–Trinajstić information content (AvgIpc) is 2.67. The highest BCUT2D eigenvalue weighted by atomic mass is 16.3. The molecule has 17 heavy (non-hydrogen) atoms. The standard InChI is InChI=1S/C13H24N2O2/c1-10-4-2-3-5-12(10)14-13(17)9-15-7-6-11(16)8-15/h10-12,16H,2-9H2,1H3,(H,14,17). The first-order valence-electron chi connectivity index (χ1n) is 6.85. The second-order valence-corrected chi connectivity index (χ2v) is 5.61. The minimum absolute atomic E-state index is 0.123. The number of rotatable bonds is 3. The second-order valence-electron chi connectivity index (χ2n) is 5.61. The zero-order chi connectivity index (χ0) is 12.3. The maximum Gasteiger partial charge on any atom is 0.234 e. The summed E-state index contributed by atoms with van der Waals surface area (Å²) in [6, 6.07) is 0.365. The number of hydrogen-bond acceptors (Lipinski definition) is 3. The van der Waals surface area contributed by atoms with Gasteiger partial charge in [-0.15, -0.1) is 0 Å². The van der Waals surface area contributed by atoms with Gasteiger partial charge in [-0.25, -0.2) is 0 Å². The lowest BCUT2D eigenvalue weighted by Crippen LogP contribution is -2.45. The monoisotopic (exact) mass is 240 g/mol. The number of carbonyl (C=O) groups is 1. The van der Waals surface area contributed by atoms with E-state index in [0.717, 1.165) is 19.4 Å². The fourth-order valence-electron chi connectivity index (χ4n) is 2.94. The van der Waals surface area contributed by atoms with Gasteiger partial charge in [0.1, 0.15) is 0 Å². The number of amides is 1. The molecule has 1 saturated carbocycles. The van der Waals surface area contributed by atoms with E-state index in [1.165, 1.54) is 19.3 Å². The molecular weight excluding hydrogens is 216 g/mol. The van der Waals surface area contributed by atoms with Crippen molar-refractivity contribution in [2.24, 2.45) is 5.92 Å². The Hall–Kier alpha value is -0.610. The highest BCUT2D eigenvalue weighted by molar-refractivity contribution is 5.78. The first kappa shape index (κ1) is 12.8. The number of aliphatic hydroxyl groups excluding tert-OH is 1. The summed E-state index contributed by atoms with van der Waals surface area (Å²) < 4.78 is 0. The number of β-amino-alcohol motifs (C(OH)–C–C–N with tert-alkyl or cyclic N) is 1. The van der Waals surface area contributed by atoms with E-state index in [9.17, 15) is 9.90 Å². The third-order valence-corrected chi connectivity index (χ3v) is 4.07. The van der Waals surface area contributed by atoms with Crippen LogP contribution >= 0.6 is 0 Å². The van der Waals surface area contributed by atoms with Crippen LogP contribution in [0.4, 0.5) is 0 Å². The zero-order valence-corrected chi connectivity index (χ0v) is 10.7. The van der Waals surface area contributed by atoms with Gasteiger partial charge < -0.3 is 10.4 Å². The summed E-state index contributed by atoms with van der Waals surface area (Å²) in [4.78, 5) is 13.9. The molecule has 3 unspecified atom stereocenters. The number of nitrogens with zero attached hydrogens (tertiary/aromatic N) is 1. The van der Waals surface area contributed by atoms with Crippen LogP contribution in [-0.4, -0.2) is 47.7 Å². The Morgan fingerprint density at radius 2 is 2.12 bits per heavy atom. The molecule has 1 aliphatic heterocycles. The number of hydrogen-bond donors (Lipinski definition) is 2. The average molecular weight is 240 g/mol. The molecule has 4 heteroatoms. The van der Waals surface area contributed by atoms with E-state index in [4.69, 9.17) is 0 Å². The summed E-state index contributed by atoms with van der Waals surface area (Å²) in [6.45, 7) is 4.16. The van der Waals surface area contributed by atoms with Crippen LogP contribution in [0.1, 0.15) is 39.0 Å². The molecule has 1 heterocycles. The Labute approximate surface area is 103 Å². The fourth-order valence-corrected chi connectivity index (χ4v) is 2.94. The molecule has 2 aliphatic rings. The molecule has 98 valence electrons. The highest BCUT2D eigenvalue weighted by Crippen LogP contribution is 2.23. The van der Waals surface area contributed by atoms with Crippen LogP contribution < -0.4 is 5.32 Å². The zero-order valence-electron chi connectivity index (χ0n) is 10.7. The van der Waals surface area contributed by atoms with Crippen LogP contribution in [-0.2, 0) is 4.79 Å². The SMILES string of the molecule is CC1CCCCC1NC(=O)CN1CCC(O)C1. The van der Waals surface area contributed by atoms with Gasteiger partial charge in [0.2, 0.25) is 5.91 Å². The third-order valence-electron chi connectivity index (χ3n) is 4.07. The van der Waals surface area contributed by atoms with Crippen molar-refractivity contribution in [3.05, 3.63) is 0 Å². The number of aliphatic hydroxyl groups is 1. The second kappa shape index (κ2) is 5.83. The predicted octanol–water partition coefficient (Wildman–Crippen LogP) is 0.748. The van der Waals surface area contributed by atoms with Gasteiger partial charge in [-0.1, -0.05) is 19.8 Å².